The van der Waals surface area contributed by atoms with Gasteiger partial charge in [0.05, 0.1) is 12.6 Å². The van der Waals surface area contributed by atoms with Gasteiger partial charge in [0.15, 0.2) is 0 Å². The first kappa shape index (κ1) is 18.2. The number of carbonyl (C=O) groups is 1. The predicted octanol–water partition coefficient (Wildman–Crippen LogP) is 2.15. The van der Waals surface area contributed by atoms with E-state index in [1.807, 2.05) is 0 Å². The highest BCUT2D eigenvalue weighted by atomic mass is 35.5. The van der Waals surface area contributed by atoms with Crippen LogP contribution in [0.4, 0.5) is 10.1 Å². The summed E-state index contributed by atoms with van der Waals surface area (Å²) in [7, 11) is 0. The number of hydrogen-bond acceptors (Lipinski definition) is 3. The van der Waals surface area contributed by atoms with E-state index in [-0.39, 0.29) is 41.4 Å². The monoisotopic (exact) mass is 351 g/mol. The molecule has 1 aromatic heterocycles. The maximum absolute atomic E-state index is 12.9. The fraction of sp³-hybridized carbons (Fsp3) is 0.294. The summed E-state index contributed by atoms with van der Waals surface area (Å²) < 4.78 is 14.4. The molecule has 2 aromatic rings. The third kappa shape index (κ3) is 4.21. The van der Waals surface area contributed by atoms with Gasteiger partial charge in [0.25, 0.3) is 5.56 Å². The lowest BCUT2D eigenvalue weighted by Gasteiger charge is -2.12. The first-order valence-corrected chi connectivity index (χ1v) is 7.61. The zero-order valence-electron chi connectivity index (χ0n) is 13.0. The highest BCUT2D eigenvalue weighted by molar-refractivity contribution is 5.94. The number of rotatable bonds is 4. The Hall–Kier alpha value is -2.18. The standard InChI is InChI=1S/C17H18FN3O2.ClH/c18-13-7-5-12(6-8-13)11-21-10-2-4-15(17(21)23)20-16(22)14-3-1-9-19-14;/h2,4-8,10,14,19H,1,3,9,11H2,(H,20,22);1H. The average Bonchev–Trinajstić information content (AvgIpc) is 3.08. The van der Waals surface area contributed by atoms with E-state index in [4.69, 9.17) is 0 Å². The Labute approximate surface area is 145 Å². The Bertz CT molecular complexity index is 755. The second-order valence-corrected chi connectivity index (χ2v) is 5.62. The third-order valence-electron chi connectivity index (χ3n) is 3.92. The lowest BCUT2D eigenvalue weighted by Crippen LogP contribution is -2.37. The molecule has 3 rings (SSSR count). The van der Waals surface area contributed by atoms with Gasteiger partial charge in [0.2, 0.25) is 5.91 Å². The van der Waals surface area contributed by atoms with Gasteiger partial charge in [-0.3, -0.25) is 9.59 Å². The van der Waals surface area contributed by atoms with Gasteiger partial charge in [-0.1, -0.05) is 12.1 Å². The number of halogens is 2. The number of amides is 1. The van der Waals surface area contributed by atoms with Crippen molar-refractivity contribution in [2.24, 2.45) is 0 Å². The fourth-order valence-corrected chi connectivity index (χ4v) is 2.67. The minimum absolute atomic E-state index is 0. The van der Waals surface area contributed by atoms with Crippen LogP contribution in [-0.2, 0) is 11.3 Å². The molecule has 7 heteroatoms. The van der Waals surface area contributed by atoms with E-state index >= 15 is 0 Å². The highest BCUT2D eigenvalue weighted by Crippen LogP contribution is 2.09. The van der Waals surface area contributed by atoms with Crippen LogP contribution < -0.4 is 16.2 Å². The summed E-state index contributed by atoms with van der Waals surface area (Å²) in [4.78, 5) is 24.6. The minimum atomic E-state index is -0.314. The Morgan fingerprint density at radius 3 is 2.71 bits per heavy atom. The first-order valence-electron chi connectivity index (χ1n) is 7.61. The number of aromatic nitrogens is 1. The van der Waals surface area contributed by atoms with E-state index in [2.05, 4.69) is 10.6 Å². The topological polar surface area (TPSA) is 63.1 Å². The van der Waals surface area contributed by atoms with Crippen LogP contribution in [0.15, 0.2) is 47.4 Å². The average molecular weight is 352 g/mol. The summed E-state index contributed by atoms with van der Waals surface area (Å²) in [6, 6.07) is 9.06. The number of anilines is 1. The SMILES string of the molecule is Cl.O=C(Nc1cccn(Cc2ccc(F)cc2)c1=O)C1CCCN1. The molecule has 2 N–H and O–H groups in total. The second-order valence-electron chi connectivity index (χ2n) is 5.62. The third-order valence-corrected chi connectivity index (χ3v) is 3.92. The Morgan fingerprint density at radius 2 is 2.04 bits per heavy atom. The molecule has 1 atom stereocenters. The maximum atomic E-state index is 12.9. The van der Waals surface area contributed by atoms with Crippen LogP contribution in [0.2, 0.25) is 0 Å². The molecule has 1 aromatic carbocycles. The summed E-state index contributed by atoms with van der Waals surface area (Å²) in [6.07, 6.45) is 3.39. The van der Waals surface area contributed by atoms with Crippen molar-refractivity contribution in [3.8, 4) is 0 Å². The molecule has 128 valence electrons. The molecule has 1 aliphatic heterocycles. The molecular formula is C17H19ClFN3O2. The smallest absolute Gasteiger partial charge is 0.274 e. The largest absolute Gasteiger partial charge is 0.320 e. The summed E-state index contributed by atoms with van der Waals surface area (Å²) in [5.74, 6) is -0.495. The molecular weight excluding hydrogens is 333 g/mol. The Balaban J connectivity index is 0.00000208. The molecule has 24 heavy (non-hydrogen) atoms. The van der Waals surface area contributed by atoms with Gasteiger partial charge >= 0.3 is 0 Å². The van der Waals surface area contributed by atoms with Crippen LogP contribution in [0.25, 0.3) is 0 Å². The van der Waals surface area contributed by atoms with Gasteiger partial charge in [-0.2, -0.15) is 0 Å². The van der Waals surface area contributed by atoms with E-state index < -0.39 is 0 Å². The normalized spacial score (nSPS) is 16.5. The van der Waals surface area contributed by atoms with E-state index in [0.29, 0.717) is 6.54 Å². The van der Waals surface area contributed by atoms with Gasteiger partial charge in [0, 0.05) is 6.20 Å². The number of nitrogens with one attached hydrogen (secondary N) is 2. The van der Waals surface area contributed by atoms with Crippen LogP contribution in [0, 0.1) is 5.82 Å². The maximum Gasteiger partial charge on any atom is 0.274 e. The van der Waals surface area contributed by atoms with Crippen molar-refractivity contribution in [1.82, 2.24) is 9.88 Å². The van der Waals surface area contributed by atoms with Gasteiger partial charge in [0.1, 0.15) is 11.5 Å². The van der Waals surface area contributed by atoms with Gasteiger partial charge < -0.3 is 15.2 Å². The van der Waals surface area contributed by atoms with E-state index in [0.717, 1.165) is 24.9 Å². The zero-order chi connectivity index (χ0) is 16.2. The Kier molecular flexibility index (Phi) is 6.11. The summed E-state index contributed by atoms with van der Waals surface area (Å²) in [5.41, 5.74) is 0.797. The molecule has 1 saturated heterocycles. The van der Waals surface area contributed by atoms with E-state index in [9.17, 15) is 14.0 Å². The molecule has 0 radical (unpaired) electrons. The summed E-state index contributed by atoms with van der Waals surface area (Å²) >= 11 is 0. The molecule has 0 bridgehead atoms. The molecule has 0 spiro atoms. The highest BCUT2D eigenvalue weighted by Gasteiger charge is 2.22. The van der Waals surface area contributed by atoms with E-state index in [1.165, 1.54) is 16.7 Å². The number of carbonyl (C=O) groups excluding carboxylic acids is 1. The Morgan fingerprint density at radius 1 is 1.29 bits per heavy atom. The lowest BCUT2D eigenvalue weighted by atomic mass is 10.2. The van der Waals surface area contributed by atoms with Crippen molar-refractivity contribution in [1.29, 1.82) is 0 Å². The van der Waals surface area contributed by atoms with Crippen molar-refractivity contribution in [2.45, 2.75) is 25.4 Å². The van der Waals surface area contributed by atoms with Gasteiger partial charge in [-0.25, -0.2) is 4.39 Å². The summed E-state index contributed by atoms with van der Waals surface area (Å²) in [5, 5.41) is 5.79. The van der Waals surface area contributed by atoms with Crippen LogP contribution in [0.5, 0.6) is 0 Å². The van der Waals surface area contributed by atoms with Crippen LogP contribution in [0.3, 0.4) is 0 Å². The molecule has 2 heterocycles. The quantitative estimate of drug-likeness (QED) is 0.887. The molecule has 1 fully saturated rings. The van der Waals surface area contributed by atoms with Crippen molar-refractivity contribution in [2.75, 3.05) is 11.9 Å². The van der Waals surface area contributed by atoms with Crippen molar-refractivity contribution >= 4 is 24.0 Å². The second kappa shape index (κ2) is 8.08. The van der Waals surface area contributed by atoms with E-state index in [1.54, 1.807) is 30.5 Å². The minimum Gasteiger partial charge on any atom is -0.320 e. The molecule has 0 aliphatic carbocycles. The van der Waals surface area contributed by atoms with Crippen LogP contribution in [0.1, 0.15) is 18.4 Å². The first-order chi connectivity index (χ1) is 11.1. The zero-order valence-corrected chi connectivity index (χ0v) is 13.8. The number of hydrogen-bond donors (Lipinski definition) is 2. The van der Waals surface area contributed by atoms with Crippen molar-refractivity contribution < 1.29 is 9.18 Å². The van der Waals surface area contributed by atoms with Crippen molar-refractivity contribution in [3.05, 3.63) is 64.3 Å². The summed E-state index contributed by atoms with van der Waals surface area (Å²) in [6.45, 7) is 1.15. The van der Waals surface area contributed by atoms with Gasteiger partial charge in [-0.05, 0) is 49.2 Å². The number of pyridine rings is 1. The van der Waals surface area contributed by atoms with Crippen LogP contribution >= 0.6 is 12.4 Å². The van der Waals surface area contributed by atoms with Crippen molar-refractivity contribution in [3.63, 3.8) is 0 Å². The molecule has 1 aliphatic rings. The molecule has 5 nitrogen and oxygen atoms in total. The lowest BCUT2D eigenvalue weighted by molar-refractivity contribution is -0.117. The fourth-order valence-electron chi connectivity index (χ4n) is 2.67. The molecule has 0 saturated carbocycles. The number of nitrogens with zero attached hydrogens (tertiary/aromatic N) is 1. The predicted molar refractivity (Wildman–Crippen MR) is 93.1 cm³/mol. The number of benzene rings is 1. The van der Waals surface area contributed by atoms with Gasteiger partial charge in [-0.15, -0.1) is 12.4 Å². The molecule has 1 unspecified atom stereocenters. The van der Waals surface area contributed by atoms with Crippen LogP contribution in [-0.4, -0.2) is 23.1 Å². The molecule has 1 amide bonds.